The van der Waals surface area contributed by atoms with E-state index in [4.69, 9.17) is 19.5 Å². The van der Waals surface area contributed by atoms with Gasteiger partial charge in [-0.2, -0.15) is 5.26 Å². The summed E-state index contributed by atoms with van der Waals surface area (Å²) in [5.74, 6) is 0.473. The molecule has 3 rings (SSSR count). The Labute approximate surface area is 172 Å². The second kappa shape index (κ2) is 10.1. The quantitative estimate of drug-likeness (QED) is 0.405. The van der Waals surface area contributed by atoms with Crippen LogP contribution in [0.15, 0.2) is 60.0 Å². The van der Waals surface area contributed by atoms with Crippen molar-refractivity contribution in [3.05, 3.63) is 71.2 Å². The number of hydrogen-bond acceptors (Lipinski definition) is 7. The van der Waals surface area contributed by atoms with Crippen molar-refractivity contribution < 1.29 is 19.0 Å². The summed E-state index contributed by atoms with van der Waals surface area (Å²) < 4.78 is 15.8. The van der Waals surface area contributed by atoms with Gasteiger partial charge >= 0.3 is 5.97 Å². The van der Waals surface area contributed by atoms with Crippen molar-refractivity contribution in [2.75, 3.05) is 13.7 Å². The van der Waals surface area contributed by atoms with E-state index in [2.05, 4.69) is 4.98 Å². The number of carbonyl (C=O) groups is 1. The maximum Gasteiger partial charge on any atom is 0.331 e. The number of nitriles is 1. The van der Waals surface area contributed by atoms with Crippen LogP contribution in [0.1, 0.15) is 11.3 Å². The van der Waals surface area contributed by atoms with Crippen LogP contribution in [-0.2, 0) is 16.1 Å². The molecule has 0 saturated heterocycles. The van der Waals surface area contributed by atoms with Crippen LogP contribution in [0.5, 0.6) is 11.5 Å². The number of benzene rings is 2. The Morgan fingerprint density at radius 2 is 2.03 bits per heavy atom. The first-order valence-electron chi connectivity index (χ1n) is 8.72. The number of carbonyl (C=O) groups excluding carboxylic acids is 1. The van der Waals surface area contributed by atoms with Gasteiger partial charge in [0.25, 0.3) is 0 Å². The van der Waals surface area contributed by atoms with Gasteiger partial charge < -0.3 is 14.2 Å². The Kier molecular flexibility index (Phi) is 6.98. The van der Waals surface area contributed by atoms with Gasteiger partial charge in [0, 0.05) is 17.0 Å². The van der Waals surface area contributed by atoms with Crippen molar-refractivity contribution in [2.24, 2.45) is 0 Å². The summed E-state index contributed by atoms with van der Waals surface area (Å²) in [7, 11) is 1.51. The Hall–Kier alpha value is -3.63. The van der Waals surface area contributed by atoms with Crippen molar-refractivity contribution >= 4 is 23.4 Å². The standard InChI is InChI=1S/C22H18N2O4S/c1-26-20-13-16(7-9-19(20)27-12-11-23)8-10-21(25)28-14-18-15-29-22(24-18)17-5-3-2-4-6-17/h2-10,13,15H,12,14H2,1H3/b10-8+. The van der Waals surface area contributed by atoms with Crippen LogP contribution in [0.3, 0.4) is 0 Å². The highest BCUT2D eigenvalue weighted by molar-refractivity contribution is 7.13. The summed E-state index contributed by atoms with van der Waals surface area (Å²) in [6.45, 7) is 0.0389. The predicted octanol–water partition coefficient (Wildman–Crippen LogP) is 4.48. The highest BCUT2D eigenvalue weighted by Crippen LogP contribution is 2.28. The van der Waals surface area contributed by atoms with E-state index >= 15 is 0 Å². The van der Waals surface area contributed by atoms with Crippen molar-refractivity contribution in [1.82, 2.24) is 4.98 Å². The lowest BCUT2D eigenvalue weighted by atomic mass is 10.2. The van der Waals surface area contributed by atoms with Crippen molar-refractivity contribution in [1.29, 1.82) is 5.26 Å². The second-order valence-electron chi connectivity index (χ2n) is 5.81. The van der Waals surface area contributed by atoms with Crippen LogP contribution in [0.25, 0.3) is 16.6 Å². The number of rotatable bonds is 8. The molecule has 3 aromatic rings. The third-order valence-electron chi connectivity index (χ3n) is 3.83. The maximum atomic E-state index is 12.0. The Bertz CT molecular complexity index is 1040. The van der Waals surface area contributed by atoms with E-state index in [0.29, 0.717) is 17.2 Å². The lowest BCUT2D eigenvalue weighted by molar-refractivity contribution is -0.139. The summed E-state index contributed by atoms with van der Waals surface area (Å²) in [5, 5.41) is 11.4. The van der Waals surface area contributed by atoms with Crippen LogP contribution >= 0.6 is 11.3 Å². The molecule has 0 radical (unpaired) electrons. The fourth-order valence-electron chi connectivity index (χ4n) is 2.46. The first kappa shape index (κ1) is 20.1. The molecule has 0 aliphatic carbocycles. The molecule has 0 unspecified atom stereocenters. The number of hydrogen-bond donors (Lipinski definition) is 0. The maximum absolute atomic E-state index is 12.0. The first-order chi connectivity index (χ1) is 14.2. The van der Waals surface area contributed by atoms with E-state index in [1.807, 2.05) is 41.8 Å². The number of nitrogens with zero attached hydrogens (tertiary/aromatic N) is 2. The van der Waals surface area contributed by atoms with E-state index in [1.165, 1.54) is 24.5 Å². The number of ether oxygens (including phenoxy) is 3. The fourth-order valence-corrected chi connectivity index (χ4v) is 3.27. The average Bonchev–Trinajstić information content (AvgIpc) is 3.24. The van der Waals surface area contributed by atoms with E-state index < -0.39 is 5.97 Å². The molecule has 29 heavy (non-hydrogen) atoms. The molecule has 0 aliphatic rings. The molecule has 0 atom stereocenters. The van der Waals surface area contributed by atoms with E-state index in [1.54, 1.807) is 24.3 Å². The van der Waals surface area contributed by atoms with Crippen LogP contribution in [-0.4, -0.2) is 24.7 Å². The van der Waals surface area contributed by atoms with E-state index in [9.17, 15) is 4.79 Å². The average molecular weight is 406 g/mol. The van der Waals surface area contributed by atoms with Gasteiger partial charge in [-0.05, 0) is 23.8 Å². The zero-order valence-corrected chi connectivity index (χ0v) is 16.5. The van der Waals surface area contributed by atoms with Gasteiger partial charge in [0.2, 0.25) is 0 Å². The monoisotopic (exact) mass is 406 g/mol. The Morgan fingerprint density at radius 3 is 2.79 bits per heavy atom. The molecule has 0 bridgehead atoms. The predicted molar refractivity (Wildman–Crippen MR) is 110 cm³/mol. The summed E-state index contributed by atoms with van der Waals surface area (Å²) in [6, 6.07) is 16.9. The van der Waals surface area contributed by atoms with Crippen molar-refractivity contribution in [3.8, 4) is 28.1 Å². The minimum atomic E-state index is -0.469. The molecule has 0 amide bonds. The van der Waals surface area contributed by atoms with Gasteiger partial charge in [0.1, 0.15) is 17.7 Å². The second-order valence-corrected chi connectivity index (χ2v) is 6.67. The minimum absolute atomic E-state index is 0.0690. The topological polar surface area (TPSA) is 81.4 Å². The van der Waals surface area contributed by atoms with Crippen LogP contribution in [0.2, 0.25) is 0 Å². The van der Waals surface area contributed by atoms with Crippen LogP contribution in [0, 0.1) is 11.3 Å². The third-order valence-corrected chi connectivity index (χ3v) is 4.77. The zero-order chi connectivity index (χ0) is 20.5. The van der Waals surface area contributed by atoms with Crippen LogP contribution < -0.4 is 9.47 Å². The minimum Gasteiger partial charge on any atom is -0.493 e. The zero-order valence-electron chi connectivity index (χ0n) is 15.7. The SMILES string of the molecule is COc1cc(/C=C/C(=O)OCc2csc(-c3ccccc3)n2)ccc1OCC#N. The van der Waals surface area contributed by atoms with Gasteiger partial charge in [0.15, 0.2) is 18.1 Å². The number of thiazole rings is 1. The molecule has 0 N–H and O–H groups in total. The Morgan fingerprint density at radius 1 is 1.21 bits per heavy atom. The molecule has 1 aromatic heterocycles. The molecule has 146 valence electrons. The van der Waals surface area contributed by atoms with Crippen molar-refractivity contribution in [3.63, 3.8) is 0 Å². The van der Waals surface area contributed by atoms with Crippen molar-refractivity contribution in [2.45, 2.75) is 6.61 Å². The lowest BCUT2D eigenvalue weighted by Gasteiger charge is -2.08. The fraction of sp³-hybridized carbons (Fsp3) is 0.136. The summed E-state index contributed by atoms with van der Waals surface area (Å²) in [4.78, 5) is 16.5. The molecular formula is C22H18N2O4S. The summed E-state index contributed by atoms with van der Waals surface area (Å²) in [5.41, 5.74) is 2.48. The van der Waals surface area contributed by atoms with E-state index in [-0.39, 0.29) is 13.2 Å². The Balaban J connectivity index is 1.56. The van der Waals surface area contributed by atoms with Gasteiger partial charge in [-0.3, -0.25) is 0 Å². The third kappa shape index (κ3) is 5.67. The smallest absolute Gasteiger partial charge is 0.331 e. The molecule has 7 heteroatoms. The van der Waals surface area contributed by atoms with Gasteiger partial charge in [-0.15, -0.1) is 11.3 Å². The van der Waals surface area contributed by atoms with Gasteiger partial charge in [-0.1, -0.05) is 36.4 Å². The normalized spacial score (nSPS) is 10.5. The molecule has 2 aromatic carbocycles. The van der Waals surface area contributed by atoms with E-state index in [0.717, 1.165) is 16.1 Å². The summed E-state index contributed by atoms with van der Waals surface area (Å²) in [6.07, 6.45) is 2.96. The van der Waals surface area contributed by atoms with Crippen LogP contribution in [0.4, 0.5) is 0 Å². The molecule has 1 heterocycles. The number of aromatic nitrogens is 1. The van der Waals surface area contributed by atoms with Gasteiger partial charge in [0.05, 0.1) is 12.8 Å². The number of esters is 1. The largest absolute Gasteiger partial charge is 0.493 e. The molecular weight excluding hydrogens is 388 g/mol. The molecule has 0 spiro atoms. The lowest BCUT2D eigenvalue weighted by Crippen LogP contribution is -2.01. The highest BCUT2D eigenvalue weighted by Gasteiger charge is 2.07. The molecule has 0 fully saturated rings. The number of methoxy groups -OCH3 is 1. The molecule has 0 saturated carbocycles. The molecule has 6 nitrogen and oxygen atoms in total. The van der Waals surface area contributed by atoms with Gasteiger partial charge in [-0.25, -0.2) is 9.78 Å². The molecule has 0 aliphatic heterocycles. The highest BCUT2D eigenvalue weighted by atomic mass is 32.1. The summed E-state index contributed by atoms with van der Waals surface area (Å²) >= 11 is 1.51. The first-order valence-corrected chi connectivity index (χ1v) is 9.60.